The lowest BCUT2D eigenvalue weighted by atomic mass is 10.2. The molecule has 0 amide bonds. The van der Waals surface area contributed by atoms with E-state index in [-0.39, 0.29) is 17.3 Å². The van der Waals surface area contributed by atoms with Crippen molar-refractivity contribution < 1.29 is 4.92 Å². The first-order valence-electron chi connectivity index (χ1n) is 6.70. The summed E-state index contributed by atoms with van der Waals surface area (Å²) in [5, 5.41) is 21.3. The van der Waals surface area contributed by atoms with Crippen molar-refractivity contribution in [2.45, 2.75) is 19.8 Å². The van der Waals surface area contributed by atoms with E-state index in [1.807, 2.05) is 18.4 Å². The molecule has 0 saturated carbocycles. The van der Waals surface area contributed by atoms with E-state index in [9.17, 15) is 10.1 Å². The molecule has 0 bridgehead atoms. The lowest BCUT2D eigenvalue weighted by Gasteiger charge is -2.09. The molecule has 0 saturated heterocycles. The van der Waals surface area contributed by atoms with Crippen molar-refractivity contribution in [2.75, 3.05) is 23.7 Å². The van der Waals surface area contributed by atoms with Crippen LogP contribution in [0.2, 0.25) is 0 Å². The van der Waals surface area contributed by atoms with Gasteiger partial charge in [-0.25, -0.2) is 9.97 Å². The summed E-state index contributed by atoms with van der Waals surface area (Å²) in [5.74, 6) is 0.513. The van der Waals surface area contributed by atoms with Crippen molar-refractivity contribution in [2.24, 2.45) is 0 Å². The molecule has 7 nitrogen and oxygen atoms in total. The minimum Gasteiger partial charge on any atom is -0.364 e. The fourth-order valence-corrected chi connectivity index (χ4v) is 2.52. The Kier molecular flexibility index (Phi) is 5.44. The van der Waals surface area contributed by atoms with Gasteiger partial charge < -0.3 is 10.6 Å². The summed E-state index contributed by atoms with van der Waals surface area (Å²) < 4.78 is 0. The van der Waals surface area contributed by atoms with Crippen LogP contribution in [-0.4, -0.2) is 28.0 Å². The summed E-state index contributed by atoms with van der Waals surface area (Å²) in [5.41, 5.74) is 1.10. The predicted molar refractivity (Wildman–Crippen MR) is 84.0 cm³/mol. The van der Waals surface area contributed by atoms with Crippen LogP contribution in [0.5, 0.6) is 0 Å². The second-order valence-corrected chi connectivity index (χ2v) is 5.19. The van der Waals surface area contributed by atoms with E-state index in [4.69, 9.17) is 0 Å². The number of nitrogens with zero attached hydrogens (tertiary/aromatic N) is 3. The van der Waals surface area contributed by atoms with Crippen LogP contribution in [0.15, 0.2) is 23.2 Å². The zero-order valence-corrected chi connectivity index (χ0v) is 12.5. The van der Waals surface area contributed by atoms with Gasteiger partial charge in [0.1, 0.15) is 6.33 Å². The summed E-state index contributed by atoms with van der Waals surface area (Å²) in [7, 11) is 0. The second-order valence-electron chi connectivity index (χ2n) is 4.41. The van der Waals surface area contributed by atoms with Gasteiger partial charge in [-0.05, 0) is 35.2 Å². The monoisotopic (exact) mass is 307 g/mol. The van der Waals surface area contributed by atoms with Crippen molar-refractivity contribution in [1.29, 1.82) is 0 Å². The highest BCUT2D eigenvalue weighted by molar-refractivity contribution is 7.07. The lowest BCUT2D eigenvalue weighted by Crippen LogP contribution is -2.12. The van der Waals surface area contributed by atoms with Gasteiger partial charge in [-0.15, -0.1) is 0 Å². The topological polar surface area (TPSA) is 93.0 Å². The quantitative estimate of drug-likeness (QED) is 0.575. The first kappa shape index (κ1) is 15.2. The Bertz CT molecular complexity index is 588. The van der Waals surface area contributed by atoms with Crippen LogP contribution in [0, 0.1) is 10.1 Å². The SMILES string of the molecule is CCCNc1ncnc(NCCc2ccsc2)c1[N+](=O)[O-]. The molecule has 8 heteroatoms. The number of hydrogen-bond donors (Lipinski definition) is 2. The number of rotatable bonds is 8. The number of thiophene rings is 1. The molecular weight excluding hydrogens is 290 g/mol. The van der Waals surface area contributed by atoms with E-state index in [2.05, 4.69) is 26.0 Å². The van der Waals surface area contributed by atoms with E-state index in [0.29, 0.717) is 13.1 Å². The maximum Gasteiger partial charge on any atom is 0.353 e. The van der Waals surface area contributed by atoms with Gasteiger partial charge in [0, 0.05) is 13.1 Å². The Hall–Kier alpha value is -2.22. The van der Waals surface area contributed by atoms with Crippen molar-refractivity contribution in [3.8, 4) is 0 Å². The highest BCUT2D eigenvalue weighted by Crippen LogP contribution is 2.28. The van der Waals surface area contributed by atoms with Crippen molar-refractivity contribution in [3.63, 3.8) is 0 Å². The molecule has 2 aromatic rings. The molecule has 0 aliphatic rings. The molecular formula is C13H17N5O2S. The van der Waals surface area contributed by atoms with Gasteiger partial charge in [0.15, 0.2) is 0 Å². The summed E-state index contributed by atoms with van der Waals surface area (Å²) in [6.07, 6.45) is 2.99. The van der Waals surface area contributed by atoms with Gasteiger partial charge in [0.05, 0.1) is 4.92 Å². The molecule has 2 rings (SSSR count). The lowest BCUT2D eigenvalue weighted by molar-refractivity contribution is -0.383. The summed E-state index contributed by atoms with van der Waals surface area (Å²) in [4.78, 5) is 18.7. The van der Waals surface area contributed by atoms with Gasteiger partial charge in [-0.2, -0.15) is 11.3 Å². The smallest absolute Gasteiger partial charge is 0.353 e. The molecule has 2 aromatic heterocycles. The zero-order valence-electron chi connectivity index (χ0n) is 11.7. The Morgan fingerprint density at radius 1 is 1.29 bits per heavy atom. The standard InChI is InChI=1S/C13H17N5O2S/c1-2-5-14-12-11(18(19)20)13(17-9-16-12)15-6-3-10-4-7-21-8-10/h4,7-9H,2-3,5-6H2,1H3,(H2,14,15,16,17). The summed E-state index contributed by atoms with van der Waals surface area (Å²) >= 11 is 1.63. The number of nitro groups is 1. The van der Waals surface area contributed by atoms with Gasteiger partial charge in [0.25, 0.3) is 0 Å². The van der Waals surface area contributed by atoms with E-state index in [0.717, 1.165) is 12.8 Å². The average Bonchev–Trinajstić information content (AvgIpc) is 2.98. The molecule has 2 N–H and O–H groups in total. The average molecular weight is 307 g/mol. The highest BCUT2D eigenvalue weighted by atomic mass is 32.1. The van der Waals surface area contributed by atoms with E-state index >= 15 is 0 Å². The molecule has 0 spiro atoms. The van der Waals surface area contributed by atoms with Gasteiger partial charge in [0.2, 0.25) is 11.6 Å². The maximum atomic E-state index is 11.2. The number of nitrogens with one attached hydrogen (secondary N) is 2. The van der Waals surface area contributed by atoms with Gasteiger partial charge in [-0.1, -0.05) is 6.92 Å². The zero-order chi connectivity index (χ0) is 15.1. The van der Waals surface area contributed by atoms with Gasteiger partial charge in [-0.3, -0.25) is 10.1 Å². The highest BCUT2D eigenvalue weighted by Gasteiger charge is 2.22. The normalized spacial score (nSPS) is 10.3. The molecule has 112 valence electrons. The largest absolute Gasteiger partial charge is 0.364 e. The second kappa shape index (κ2) is 7.53. The first-order chi connectivity index (χ1) is 10.2. The Morgan fingerprint density at radius 2 is 2.00 bits per heavy atom. The van der Waals surface area contributed by atoms with Crippen LogP contribution in [0.4, 0.5) is 17.3 Å². The van der Waals surface area contributed by atoms with Crippen molar-refractivity contribution in [3.05, 3.63) is 38.8 Å². The van der Waals surface area contributed by atoms with Crippen LogP contribution in [0.25, 0.3) is 0 Å². The fourth-order valence-electron chi connectivity index (χ4n) is 1.81. The van der Waals surface area contributed by atoms with Crippen LogP contribution in [-0.2, 0) is 6.42 Å². The molecule has 0 fully saturated rings. The summed E-state index contributed by atoms with van der Waals surface area (Å²) in [6.45, 7) is 3.20. The fraction of sp³-hybridized carbons (Fsp3) is 0.385. The van der Waals surface area contributed by atoms with Crippen LogP contribution in [0.1, 0.15) is 18.9 Å². The Balaban J connectivity index is 2.08. The van der Waals surface area contributed by atoms with E-state index in [1.165, 1.54) is 11.9 Å². The minimum absolute atomic E-state index is 0.101. The molecule has 0 unspecified atom stereocenters. The third-order valence-corrected chi connectivity index (χ3v) is 3.57. The molecule has 0 aliphatic carbocycles. The number of hydrogen-bond acceptors (Lipinski definition) is 7. The molecule has 0 aliphatic heterocycles. The molecule has 2 heterocycles. The molecule has 0 atom stereocenters. The minimum atomic E-state index is -0.453. The molecule has 21 heavy (non-hydrogen) atoms. The van der Waals surface area contributed by atoms with E-state index < -0.39 is 4.92 Å². The van der Waals surface area contributed by atoms with Crippen LogP contribution < -0.4 is 10.6 Å². The van der Waals surface area contributed by atoms with E-state index in [1.54, 1.807) is 11.3 Å². The third-order valence-electron chi connectivity index (χ3n) is 2.83. The molecule has 0 aromatic carbocycles. The predicted octanol–water partition coefficient (Wildman–Crippen LogP) is 2.92. The number of anilines is 2. The van der Waals surface area contributed by atoms with Crippen molar-refractivity contribution >= 4 is 28.7 Å². The summed E-state index contributed by atoms with van der Waals surface area (Å²) in [6, 6.07) is 2.04. The Morgan fingerprint density at radius 3 is 2.57 bits per heavy atom. The number of aromatic nitrogens is 2. The Labute approximate surface area is 126 Å². The van der Waals surface area contributed by atoms with Crippen LogP contribution >= 0.6 is 11.3 Å². The van der Waals surface area contributed by atoms with Crippen LogP contribution in [0.3, 0.4) is 0 Å². The van der Waals surface area contributed by atoms with Gasteiger partial charge >= 0.3 is 5.69 Å². The molecule has 0 radical (unpaired) electrons. The third kappa shape index (κ3) is 4.12. The van der Waals surface area contributed by atoms with Crippen molar-refractivity contribution in [1.82, 2.24) is 9.97 Å². The first-order valence-corrected chi connectivity index (χ1v) is 7.65. The maximum absolute atomic E-state index is 11.2.